The van der Waals surface area contributed by atoms with E-state index in [1.165, 1.54) is 66.1 Å². The Morgan fingerprint density at radius 2 is 0.667 bits per heavy atom. The van der Waals surface area contributed by atoms with Crippen LogP contribution < -0.4 is 10.5 Å². The van der Waals surface area contributed by atoms with Gasteiger partial charge in [0.05, 0.1) is 5.69 Å². The third-order valence-electron chi connectivity index (χ3n) is 11.4. The van der Waals surface area contributed by atoms with Crippen molar-refractivity contribution in [2.75, 3.05) is 0 Å². The Labute approximate surface area is 335 Å². The monoisotopic (exact) mass is 744 g/mol. The van der Waals surface area contributed by atoms with Gasteiger partial charge in [0, 0.05) is 22.0 Å². The van der Waals surface area contributed by atoms with Crippen LogP contribution >= 0.6 is 0 Å². The summed E-state index contributed by atoms with van der Waals surface area (Å²) in [5.74, 6) is 0.769. The van der Waals surface area contributed by atoms with E-state index in [4.69, 9.17) is 9.97 Å². The van der Waals surface area contributed by atoms with Crippen molar-refractivity contribution in [2.24, 2.45) is 0 Å². The summed E-state index contributed by atoms with van der Waals surface area (Å²) in [6.45, 7) is 4.85. The van der Waals surface area contributed by atoms with Crippen LogP contribution in [0.15, 0.2) is 206 Å². The molecule has 0 spiro atoms. The highest BCUT2D eigenvalue weighted by atomic mass is 28.3. The van der Waals surface area contributed by atoms with Crippen LogP contribution in [0.4, 0.5) is 0 Å². The Hall–Kier alpha value is -6.94. The zero-order valence-corrected chi connectivity index (χ0v) is 33.0. The van der Waals surface area contributed by atoms with Gasteiger partial charge in [-0.1, -0.05) is 189 Å². The van der Waals surface area contributed by atoms with Crippen LogP contribution in [0.25, 0.3) is 89.4 Å². The van der Waals surface area contributed by atoms with Gasteiger partial charge in [0.15, 0.2) is 5.82 Å². The summed E-state index contributed by atoms with van der Waals surface area (Å²) in [5.41, 5.74) is 17.5. The SMILES string of the molecule is C[Si]1(C)c2ccccc2-c2c(-c3cccc(-c4ccccc4)c3)nc(-c3cccc(-c4cccc(-c5cccc(-c6cccc(-c7ccccc7)c6)c5)c4)c3)nc21. The van der Waals surface area contributed by atoms with E-state index >= 15 is 0 Å². The minimum Gasteiger partial charge on any atom is -0.237 e. The molecule has 10 rings (SSSR count). The molecule has 0 radical (unpaired) electrons. The Morgan fingerprint density at radius 3 is 1.16 bits per heavy atom. The second-order valence-electron chi connectivity index (χ2n) is 15.4. The number of hydrogen-bond acceptors (Lipinski definition) is 2. The molecule has 0 amide bonds. The molecule has 0 saturated carbocycles. The summed E-state index contributed by atoms with van der Waals surface area (Å²) in [5, 5.41) is 2.63. The molecule has 0 N–H and O–H groups in total. The highest BCUT2D eigenvalue weighted by Crippen LogP contribution is 2.38. The van der Waals surface area contributed by atoms with Crippen LogP contribution in [-0.4, -0.2) is 18.0 Å². The second-order valence-corrected chi connectivity index (χ2v) is 19.7. The summed E-state index contributed by atoms with van der Waals surface area (Å²) < 4.78 is 0. The molecule has 1 aliphatic heterocycles. The zero-order valence-electron chi connectivity index (χ0n) is 32.0. The van der Waals surface area contributed by atoms with Gasteiger partial charge in [0.1, 0.15) is 8.07 Å². The lowest BCUT2D eigenvalue weighted by Crippen LogP contribution is -2.50. The molecule has 2 heterocycles. The highest BCUT2D eigenvalue weighted by Gasteiger charge is 2.41. The van der Waals surface area contributed by atoms with E-state index in [0.29, 0.717) is 0 Å². The van der Waals surface area contributed by atoms with E-state index in [0.717, 1.165) is 33.8 Å². The molecular formula is C54H40N2Si. The summed E-state index contributed by atoms with van der Waals surface area (Å²) in [7, 11) is -2.11. The van der Waals surface area contributed by atoms with Crippen molar-refractivity contribution in [3.05, 3.63) is 206 Å². The Balaban J connectivity index is 1.04. The average molecular weight is 745 g/mol. The van der Waals surface area contributed by atoms with Crippen LogP contribution in [0, 0.1) is 0 Å². The van der Waals surface area contributed by atoms with E-state index in [9.17, 15) is 0 Å². The summed E-state index contributed by atoms with van der Waals surface area (Å²) in [6, 6.07) is 74.2. The van der Waals surface area contributed by atoms with Crippen molar-refractivity contribution < 1.29 is 0 Å². The largest absolute Gasteiger partial charge is 0.237 e. The predicted molar refractivity (Wildman–Crippen MR) is 242 cm³/mol. The van der Waals surface area contributed by atoms with Crippen LogP contribution in [0.5, 0.6) is 0 Å². The minimum absolute atomic E-state index is 0.769. The Morgan fingerprint density at radius 1 is 0.316 bits per heavy atom. The van der Waals surface area contributed by atoms with Crippen molar-refractivity contribution in [3.8, 4) is 89.4 Å². The maximum absolute atomic E-state index is 5.47. The van der Waals surface area contributed by atoms with Crippen molar-refractivity contribution in [1.82, 2.24) is 9.97 Å². The first-order valence-corrected chi connectivity index (χ1v) is 22.6. The van der Waals surface area contributed by atoms with E-state index in [1.807, 2.05) is 0 Å². The third-order valence-corrected chi connectivity index (χ3v) is 14.8. The quantitative estimate of drug-likeness (QED) is 0.152. The van der Waals surface area contributed by atoms with Crippen molar-refractivity contribution in [3.63, 3.8) is 0 Å². The lowest BCUT2D eigenvalue weighted by molar-refractivity contribution is 1.21. The molecule has 0 fully saturated rings. The molecule has 9 aromatic rings. The molecule has 270 valence electrons. The molecule has 0 aliphatic carbocycles. The first kappa shape index (κ1) is 34.5. The standard InChI is InChI=1S/C54H40N2Si/c1-57(2)50-31-10-9-30-49(50)51-52(47-28-14-21-40(35-47)38-18-7-4-8-19-38)55-53(56-54(51)57)48-29-15-27-46(36-48)45-26-13-25-44(34-45)43-24-12-23-42(33-43)41-22-11-20-39(32-41)37-16-5-3-6-17-37/h3-36H,1-2H3. The maximum atomic E-state index is 5.47. The van der Waals surface area contributed by atoms with Crippen LogP contribution in [0.1, 0.15) is 0 Å². The normalized spacial score (nSPS) is 12.5. The predicted octanol–water partition coefficient (Wildman–Crippen LogP) is 12.9. The third kappa shape index (κ3) is 6.42. The Kier molecular flexibility index (Phi) is 8.66. The van der Waals surface area contributed by atoms with Crippen molar-refractivity contribution in [2.45, 2.75) is 13.1 Å². The fourth-order valence-electron chi connectivity index (χ4n) is 8.46. The van der Waals surface area contributed by atoms with E-state index in [2.05, 4.69) is 219 Å². The molecule has 2 nitrogen and oxygen atoms in total. The van der Waals surface area contributed by atoms with Gasteiger partial charge in [-0.3, -0.25) is 0 Å². The minimum atomic E-state index is -2.11. The number of aromatic nitrogens is 2. The topological polar surface area (TPSA) is 25.8 Å². The summed E-state index contributed by atoms with van der Waals surface area (Å²) >= 11 is 0. The van der Waals surface area contributed by atoms with Gasteiger partial charge in [-0.2, -0.15) is 0 Å². The van der Waals surface area contributed by atoms with Gasteiger partial charge in [0.2, 0.25) is 0 Å². The summed E-state index contributed by atoms with van der Waals surface area (Å²) in [4.78, 5) is 10.9. The molecular weight excluding hydrogens is 705 g/mol. The fraction of sp³-hybridized carbons (Fsp3) is 0.0370. The fourth-order valence-corrected chi connectivity index (χ4v) is 11.4. The van der Waals surface area contributed by atoms with Gasteiger partial charge >= 0.3 is 0 Å². The number of rotatable bonds is 7. The van der Waals surface area contributed by atoms with Gasteiger partial charge in [-0.25, -0.2) is 9.97 Å². The first-order valence-electron chi connectivity index (χ1n) is 19.6. The summed E-state index contributed by atoms with van der Waals surface area (Å²) in [6.07, 6.45) is 0. The molecule has 0 unspecified atom stereocenters. The lowest BCUT2D eigenvalue weighted by atomic mass is 9.94. The van der Waals surface area contributed by atoms with Gasteiger partial charge in [0.25, 0.3) is 0 Å². The van der Waals surface area contributed by atoms with E-state index < -0.39 is 8.07 Å². The number of hydrogen-bond donors (Lipinski definition) is 0. The molecule has 1 aliphatic rings. The van der Waals surface area contributed by atoms with Gasteiger partial charge in [-0.15, -0.1) is 0 Å². The zero-order chi connectivity index (χ0) is 38.3. The van der Waals surface area contributed by atoms with E-state index in [1.54, 1.807) is 0 Å². The van der Waals surface area contributed by atoms with Crippen LogP contribution in [0.3, 0.4) is 0 Å². The Bertz CT molecular complexity index is 2930. The molecule has 3 heteroatoms. The number of benzene rings is 8. The molecule has 57 heavy (non-hydrogen) atoms. The van der Waals surface area contributed by atoms with Gasteiger partial charge < -0.3 is 0 Å². The molecule has 0 atom stereocenters. The van der Waals surface area contributed by atoms with Crippen LogP contribution in [0.2, 0.25) is 13.1 Å². The molecule has 1 aromatic heterocycles. The second kappa shape index (κ2) is 14.3. The maximum Gasteiger partial charge on any atom is 0.159 e. The lowest BCUT2D eigenvalue weighted by Gasteiger charge is -2.19. The van der Waals surface area contributed by atoms with Crippen molar-refractivity contribution >= 4 is 18.6 Å². The average Bonchev–Trinajstić information content (AvgIpc) is 3.52. The van der Waals surface area contributed by atoms with Gasteiger partial charge in [-0.05, 0) is 96.7 Å². The number of nitrogens with zero attached hydrogens (tertiary/aromatic N) is 2. The van der Waals surface area contributed by atoms with E-state index in [-0.39, 0.29) is 0 Å². The smallest absolute Gasteiger partial charge is 0.159 e. The first-order chi connectivity index (χ1) is 28.0. The molecule has 8 aromatic carbocycles. The highest BCUT2D eigenvalue weighted by molar-refractivity contribution is 7.03. The molecule has 0 saturated heterocycles. The molecule has 0 bridgehead atoms. The number of fused-ring (bicyclic) bond motifs is 3. The van der Waals surface area contributed by atoms with Crippen molar-refractivity contribution in [1.29, 1.82) is 0 Å². The van der Waals surface area contributed by atoms with Crippen LogP contribution in [-0.2, 0) is 0 Å².